The number of carbonyl (C=O) groups is 1. The number of hydrogen-bond donors (Lipinski definition) is 1. The maximum atomic E-state index is 11.2. The first kappa shape index (κ1) is 8.21. The number of carbonyl (C=O) groups excluding carboxylic acids is 1. The van der Waals surface area contributed by atoms with Crippen molar-refractivity contribution in [3.05, 3.63) is 18.0 Å². The number of hydroxylamine groups is 2. The molecule has 13 heavy (non-hydrogen) atoms. The van der Waals surface area contributed by atoms with Gasteiger partial charge in [-0.2, -0.15) is 0 Å². The quantitative estimate of drug-likeness (QED) is 0.654. The van der Waals surface area contributed by atoms with Crippen molar-refractivity contribution in [1.82, 2.24) is 10.2 Å². The predicted octanol–water partition coefficient (Wildman–Crippen LogP) is -0.724. The molecule has 1 atom stereocenters. The normalized spacial score (nSPS) is 22.7. The molecule has 1 unspecified atom stereocenters. The summed E-state index contributed by atoms with van der Waals surface area (Å²) in [4.78, 5) is 16.3. The number of hydrogen-bond acceptors (Lipinski definition) is 5. The highest BCUT2D eigenvalue weighted by molar-refractivity contribution is 5.82. The molecule has 6 nitrogen and oxygen atoms in total. The third kappa shape index (κ3) is 1.53. The van der Waals surface area contributed by atoms with E-state index in [1.165, 1.54) is 11.3 Å². The number of aromatic nitrogens is 1. The SMILES string of the molecule is NC1CON(Cc2ccon2)C1=O. The van der Waals surface area contributed by atoms with Crippen LogP contribution in [0, 0.1) is 0 Å². The molecule has 1 aliphatic rings. The first-order valence-electron chi connectivity index (χ1n) is 3.86. The Labute approximate surface area is 74.2 Å². The van der Waals surface area contributed by atoms with Gasteiger partial charge in [0.05, 0.1) is 13.2 Å². The lowest BCUT2D eigenvalue weighted by atomic mass is 10.3. The largest absolute Gasteiger partial charge is 0.364 e. The van der Waals surface area contributed by atoms with Crippen LogP contribution >= 0.6 is 0 Å². The van der Waals surface area contributed by atoms with Gasteiger partial charge >= 0.3 is 0 Å². The standard InChI is InChI=1S/C7H9N3O3/c8-6-4-13-10(7(6)11)3-5-1-2-12-9-5/h1-2,6H,3-4,8H2. The summed E-state index contributed by atoms with van der Waals surface area (Å²) in [6, 6.07) is 1.12. The van der Waals surface area contributed by atoms with Crippen molar-refractivity contribution < 1.29 is 14.2 Å². The van der Waals surface area contributed by atoms with Gasteiger partial charge in [0.15, 0.2) is 0 Å². The van der Waals surface area contributed by atoms with E-state index < -0.39 is 6.04 Å². The Kier molecular flexibility index (Phi) is 1.99. The first-order chi connectivity index (χ1) is 6.27. The van der Waals surface area contributed by atoms with E-state index in [0.29, 0.717) is 5.69 Å². The summed E-state index contributed by atoms with van der Waals surface area (Å²) >= 11 is 0. The Morgan fingerprint density at radius 3 is 3.15 bits per heavy atom. The Balaban J connectivity index is 2.00. The summed E-state index contributed by atoms with van der Waals surface area (Å²) in [7, 11) is 0. The molecule has 6 heteroatoms. The van der Waals surface area contributed by atoms with Crippen molar-refractivity contribution in [3.63, 3.8) is 0 Å². The van der Waals surface area contributed by atoms with Crippen LogP contribution in [0.4, 0.5) is 0 Å². The van der Waals surface area contributed by atoms with Crippen LogP contribution in [0.5, 0.6) is 0 Å². The van der Waals surface area contributed by atoms with Gasteiger partial charge in [0.25, 0.3) is 5.91 Å². The average Bonchev–Trinajstić information content (AvgIpc) is 2.71. The van der Waals surface area contributed by atoms with Crippen LogP contribution in [-0.2, 0) is 16.2 Å². The van der Waals surface area contributed by atoms with Gasteiger partial charge < -0.3 is 10.3 Å². The maximum absolute atomic E-state index is 11.2. The number of nitrogens with two attached hydrogens (primary N) is 1. The van der Waals surface area contributed by atoms with E-state index in [9.17, 15) is 4.79 Å². The maximum Gasteiger partial charge on any atom is 0.265 e. The third-order valence-corrected chi connectivity index (χ3v) is 1.77. The van der Waals surface area contributed by atoms with Crippen molar-refractivity contribution in [3.8, 4) is 0 Å². The predicted molar refractivity (Wildman–Crippen MR) is 41.0 cm³/mol. The molecule has 1 fully saturated rings. The molecular formula is C7H9N3O3. The second-order valence-electron chi connectivity index (χ2n) is 2.77. The molecule has 0 bridgehead atoms. The van der Waals surface area contributed by atoms with Crippen molar-refractivity contribution in [2.75, 3.05) is 6.61 Å². The van der Waals surface area contributed by atoms with Crippen LogP contribution in [0.25, 0.3) is 0 Å². The zero-order valence-electron chi connectivity index (χ0n) is 6.84. The van der Waals surface area contributed by atoms with Gasteiger partial charge in [0.2, 0.25) is 0 Å². The molecule has 1 aliphatic heterocycles. The van der Waals surface area contributed by atoms with E-state index in [1.807, 2.05) is 0 Å². The first-order valence-corrected chi connectivity index (χ1v) is 3.86. The third-order valence-electron chi connectivity index (χ3n) is 1.77. The lowest BCUT2D eigenvalue weighted by Gasteiger charge is -2.11. The Hall–Kier alpha value is -1.40. The topological polar surface area (TPSA) is 81.6 Å². The van der Waals surface area contributed by atoms with Gasteiger partial charge in [0.1, 0.15) is 18.0 Å². The van der Waals surface area contributed by atoms with E-state index in [0.717, 1.165) is 0 Å². The lowest BCUT2D eigenvalue weighted by molar-refractivity contribution is -0.165. The summed E-state index contributed by atoms with van der Waals surface area (Å²) in [6.45, 7) is 0.514. The smallest absolute Gasteiger partial charge is 0.265 e. The molecular weight excluding hydrogens is 174 g/mol. The summed E-state index contributed by atoms with van der Waals surface area (Å²) in [6.07, 6.45) is 1.44. The molecule has 1 aromatic rings. The van der Waals surface area contributed by atoms with Gasteiger partial charge in [-0.05, 0) is 0 Å². The van der Waals surface area contributed by atoms with Crippen LogP contribution in [0.3, 0.4) is 0 Å². The Bertz CT molecular complexity index is 298. The fourth-order valence-corrected chi connectivity index (χ4v) is 1.08. The zero-order valence-corrected chi connectivity index (χ0v) is 6.84. The van der Waals surface area contributed by atoms with Crippen LogP contribution in [0.1, 0.15) is 5.69 Å². The van der Waals surface area contributed by atoms with Crippen molar-refractivity contribution in [2.45, 2.75) is 12.6 Å². The molecule has 2 N–H and O–H groups in total. The number of rotatable bonds is 2. The minimum absolute atomic E-state index is 0.219. The minimum Gasteiger partial charge on any atom is -0.364 e. The molecule has 1 amide bonds. The highest BCUT2D eigenvalue weighted by Gasteiger charge is 2.30. The summed E-state index contributed by atoms with van der Waals surface area (Å²) in [5.41, 5.74) is 6.08. The summed E-state index contributed by atoms with van der Waals surface area (Å²) in [5.74, 6) is -0.219. The summed E-state index contributed by atoms with van der Waals surface area (Å²) in [5, 5.41) is 4.85. The molecule has 0 aliphatic carbocycles. The molecule has 0 saturated carbocycles. The van der Waals surface area contributed by atoms with E-state index in [2.05, 4.69) is 9.68 Å². The van der Waals surface area contributed by atoms with Crippen LogP contribution in [-0.4, -0.2) is 28.8 Å². The molecule has 0 spiro atoms. The zero-order chi connectivity index (χ0) is 9.26. The highest BCUT2D eigenvalue weighted by atomic mass is 16.7. The van der Waals surface area contributed by atoms with Gasteiger partial charge in [-0.3, -0.25) is 9.63 Å². The monoisotopic (exact) mass is 183 g/mol. The molecule has 2 rings (SSSR count). The van der Waals surface area contributed by atoms with Crippen LogP contribution < -0.4 is 5.73 Å². The molecule has 0 radical (unpaired) electrons. The fourth-order valence-electron chi connectivity index (χ4n) is 1.08. The van der Waals surface area contributed by atoms with Crippen LogP contribution in [0.2, 0.25) is 0 Å². The number of amides is 1. The fraction of sp³-hybridized carbons (Fsp3) is 0.429. The molecule has 1 aromatic heterocycles. The van der Waals surface area contributed by atoms with Gasteiger partial charge in [0, 0.05) is 6.07 Å². The van der Waals surface area contributed by atoms with Gasteiger partial charge in [-0.1, -0.05) is 5.16 Å². The van der Waals surface area contributed by atoms with Gasteiger partial charge in [-0.15, -0.1) is 0 Å². The van der Waals surface area contributed by atoms with Crippen LogP contribution in [0.15, 0.2) is 16.9 Å². The van der Waals surface area contributed by atoms with E-state index in [4.69, 9.17) is 10.6 Å². The molecule has 2 heterocycles. The van der Waals surface area contributed by atoms with E-state index >= 15 is 0 Å². The van der Waals surface area contributed by atoms with Crippen molar-refractivity contribution >= 4 is 5.91 Å². The number of nitrogens with zero attached hydrogens (tertiary/aromatic N) is 2. The van der Waals surface area contributed by atoms with Crippen molar-refractivity contribution in [2.24, 2.45) is 5.73 Å². The van der Waals surface area contributed by atoms with E-state index in [-0.39, 0.29) is 19.1 Å². The minimum atomic E-state index is -0.549. The lowest BCUT2D eigenvalue weighted by Crippen LogP contribution is -2.34. The highest BCUT2D eigenvalue weighted by Crippen LogP contribution is 2.10. The second kappa shape index (κ2) is 3.15. The summed E-state index contributed by atoms with van der Waals surface area (Å²) < 4.78 is 4.61. The average molecular weight is 183 g/mol. The molecule has 0 aromatic carbocycles. The van der Waals surface area contributed by atoms with E-state index in [1.54, 1.807) is 6.07 Å². The molecule has 1 saturated heterocycles. The second-order valence-corrected chi connectivity index (χ2v) is 2.77. The molecule has 70 valence electrons. The van der Waals surface area contributed by atoms with Gasteiger partial charge in [-0.25, -0.2) is 5.06 Å². The Morgan fingerprint density at radius 2 is 2.62 bits per heavy atom. The Morgan fingerprint density at radius 1 is 1.77 bits per heavy atom. The van der Waals surface area contributed by atoms with Crippen molar-refractivity contribution in [1.29, 1.82) is 0 Å².